The van der Waals surface area contributed by atoms with E-state index in [1.807, 2.05) is 0 Å². The summed E-state index contributed by atoms with van der Waals surface area (Å²) in [6.45, 7) is 0. The molecule has 2 heterocycles. The van der Waals surface area contributed by atoms with Crippen LogP contribution in [0.3, 0.4) is 0 Å². The highest BCUT2D eigenvalue weighted by atomic mass is 16.5. The lowest BCUT2D eigenvalue weighted by Crippen LogP contribution is -2.58. The highest BCUT2D eigenvalue weighted by Gasteiger charge is 2.80. The van der Waals surface area contributed by atoms with Crippen molar-refractivity contribution < 1.29 is 14.3 Å². The van der Waals surface area contributed by atoms with E-state index in [0.717, 1.165) is 19.3 Å². The largest absolute Gasteiger partial charge is 0.344 e. The molecule has 4 aliphatic carbocycles. The Labute approximate surface area is 143 Å². The number of nitrogens with zero attached hydrogens (tertiary/aromatic N) is 1. The molecule has 4 saturated carbocycles. The fourth-order valence-electron chi connectivity index (χ4n) is 7.71. The van der Waals surface area contributed by atoms with Crippen LogP contribution >= 0.6 is 0 Å². The molecule has 0 spiro atoms. The first-order valence-corrected chi connectivity index (χ1v) is 10.3. The Hall–Kier alpha value is -0.900. The Balaban J connectivity index is 1.49. The lowest BCUT2D eigenvalue weighted by atomic mass is 9.73. The van der Waals surface area contributed by atoms with Crippen LogP contribution in [0.25, 0.3) is 0 Å². The SMILES string of the molecule is O=C1C2CC3C1OC1(C4CCCC4)C3C2C(=O)N1C1CCCCC1. The van der Waals surface area contributed by atoms with Crippen molar-refractivity contribution in [1.29, 1.82) is 0 Å². The zero-order valence-electron chi connectivity index (χ0n) is 14.3. The molecule has 0 N–H and O–H groups in total. The van der Waals surface area contributed by atoms with Crippen LogP contribution in [0, 0.1) is 29.6 Å². The molecule has 6 rings (SSSR count). The number of carbonyl (C=O) groups excluding carboxylic acids is 2. The number of ether oxygens (including phenoxy) is 1. The van der Waals surface area contributed by atoms with Crippen molar-refractivity contribution in [3.8, 4) is 0 Å². The third kappa shape index (κ3) is 1.43. The van der Waals surface area contributed by atoms with Gasteiger partial charge in [-0.15, -0.1) is 0 Å². The summed E-state index contributed by atoms with van der Waals surface area (Å²) in [6, 6.07) is 0.366. The lowest BCUT2D eigenvalue weighted by Gasteiger charge is -2.47. The minimum absolute atomic E-state index is 0.0191. The molecular weight excluding hydrogens is 302 g/mol. The van der Waals surface area contributed by atoms with Crippen LogP contribution in [-0.2, 0) is 14.3 Å². The van der Waals surface area contributed by atoms with Gasteiger partial charge in [0.05, 0.1) is 5.92 Å². The van der Waals surface area contributed by atoms with E-state index in [1.165, 1.54) is 44.9 Å². The van der Waals surface area contributed by atoms with Crippen molar-refractivity contribution in [2.24, 2.45) is 29.6 Å². The Kier molecular flexibility index (Phi) is 2.76. The van der Waals surface area contributed by atoms with Gasteiger partial charge in [-0.2, -0.15) is 0 Å². The second-order valence-corrected chi connectivity index (χ2v) is 9.23. The van der Waals surface area contributed by atoms with Crippen molar-refractivity contribution >= 4 is 11.7 Å². The maximum Gasteiger partial charge on any atom is 0.229 e. The van der Waals surface area contributed by atoms with Gasteiger partial charge >= 0.3 is 0 Å². The summed E-state index contributed by atoms with van der Waals surface area (Å²) >= 11 is 0. The van der Waals surface area contributed by atoms with E-state index in [0.29, 0.717) is 23.8 Å². The van der Waals surface area contributed by atoms with Crippen molar-refractivity contribution in [3.63, 3.8) is 0 Å². The number of hydrogen-bond acceptors (Lipinski definition) is 3. The average molecular weight is 329 g/mol. The van der Waals surface area contributed by atoms with Gasteiger partial charge in [-0.3, -0.25) is 9.59 Å². The molecule has 6 unspecified atom stereocenters. The third-order valence-electron chi connectivity index (χ3n) is 8.41. The number of ketones is 1. The van der Waals surface area contributed by atoms with Gasteiger partial charge in [-0.05, 0) is 32.1 Å². The van der Waals surface area contributed by atoms with Crippen molar-refractivity contribution in [2.45, 2.75) is 82.1 Å². The summed E-state index contributed by atoms with van der Waals surface area (Å²) in [6.07, 6.45) is 11.7. The predicted octanol–water partition coefficient (Wildman–Crippen LogP) is 2.90. The van der Waals surface area contributed by atoms with Gasteiger partial charge in [0, 0.05) is 29.7 Å². The first-order chi connectivity index (χ1) is 11.7. The fraction of sp³-hybridized carbons (Fsp3) is 0.900. The van der Waals surface area contributed by atoms with Gasteiger partial charge in [0.2, 0.25) is 5.91 Å². The molecule has 0 aromatic heterocycles. The van der Waals surface area contributed by atoms with Crippen molar-refractivity contribution in [3.05, 3.63) is 0 Å². The Bertz CT molecular complexity index is 606. The zero-order chi connectivity index (χ0) is 16.1. The summed E-state index contributed by atoms with van der Waals surface area (Å²) < 4.78 is 6.71. The minimum atomic E-state index is -0.406. The van der Waals surface area contributed by atoms with Gasteiger partial charge in [0.15, 0.2) is 11.5 Å². The number of hydrogen-bond donors (Lipinski definition) is 0. The molecule has 1 amide bonds. The molecule has 6 atom stereocenters. The Morgan fingerprint density at radius 2 is 1.67 bits per heavy atom. The Morgan fingerprint density at radius 1 is 0.958 bits per heavy atom. The van der Waals surface area contributed by atoms with Crippen molar-refractivity contribution in [2.75, 3.05) is 0 Å². The first-order valence-electron chi connectivity index (χ1n) is 10.3. The van der Waals surface area contributed by atoms with E-state index in [1.54, 1.807) is 0 Å². The topological polar surface area (TPSA) is 46.6 Å². The monoisotopic (exact) mass is 329 g/mol. The molecular formula is C20H27NO3. The number of amides is 1. The average Bonchev–Trinajstić information content (AvgIpc) is 3.35. The molecule has 24 heavy (non-hydrogen) atoms. The van der Waals surface area contributed by atoms with E-state index >= 15 is 0 Å². The standard InChI is InChI=1S/C20H27NO3/c22-17-13-10-14-16-15(13)19(23)21(12-8-2-1-3-9-12)20(16,24-18(14)17)11-6-4-5-7-11/h11-16,18H,1-10H2. The van der Waals surface area contributed by atoms with Gasteiger partial charge in [-0.1, -0.05) is 32.1 Å². The van der Waals surface area contributed by atoms with Gasteiger partial charge in [0.25, 0.3) is 0 Å². The van der Waals surface area contributed by atoms with Crippen LogP contribution in [0.1, 0.15) is 64.2 Å². The van der Waals surface area contributed by atoms with E-state index in [2.05, 4.69) is 4.90 Å². The predicted molar refractivity (Wildman–Crippen MR) is 86.9 cm³/mol. The molecule has 0 radical (unpaired) electrons. The molecule has 2 bridgehead atoms. The second-order valence-electron chi connectivity index (χ2n) is 9.23. The first kappa shape index (κ1) is 14.3. The molecule has 4 heteroatoms. The summed E-state index contributed by atoms with van der Waals surface area (Å²) in [7, 11) is 0. The van der Waals surface area contributed by atoms with E-state index in [-0.39, 0.29) is 29.6 Å². The van der Waals surface area contributed by atoms with E-state index < -0.39 is 5.72 Å². The third-order valence-corrected chi connectivity index (χ3v) is 8.41. The normalized spacial score (nSPS) is 50.7. The molecule has 6 aliphatic rings. The van der Waals surface area contributed by atoms with Crippen LogP contribution in [0.2, 0.25) is 0 Å². The molecule has 130 valence electrons. The second kappa shape index (κ2) is 4.63. The molecule has 2 aliphatic heterocycles. The van der Waals surface area contributed by atoms with E-state index in [9.17, 15) is 9.59 Å². The number of carbonyl (C=O) groups is 2. The molecule has 0 aromatic rings. The number of fused-ring (bicyclic) bond motifs is 2. The fourth-order valence-corrected chi connectivity index (χ4v) is 7.71. The highest BCUT2D eigenvalue weighted by Crippen LogP contribution is 2.69. The highest BCUT2D eigenvalue weighted by molar-refractivity contribution is 5.98. The summed E-state index contributed by atoms with van der Waals surface area (Å²) in [5.74, 6) is 1.62. The van der Waals surface area contributed by atoms with Crippen LogP contribution in [-0.4, -0.2) is 34.5 Å². The quantitative estimate of drug-likeness (QED) is 0.782. The Morgan fingerprint density at radius 3 is 2.42 bits per heavy atom. The maximum atomic E-state index is 13.5. The van der Waals surface area contributed by atoms with Crippen LogP contribution < -0.4 is 0 Å². The van der Waals surface area contributed by atoms with Crippen LogP contribution in [0.4, 0.5) is 0 Å². The number of likely N-dealkylation sites (tertiary alicyclic amines) is 1. The maximum absolute atomic E-state index is 13.5. The lowest BCUT2D eigenvalue weighted by molar-refractivity contribution is -0.197. The van der Waals surface area contributed by atoms with Crippen LogP contribution in [0.5, 0.6) is 0 Å². The number of Topliss-reactive ketones (excluding diaryl/α,β-unsaturated/α-hetero) is 1. The smallest absolute Gasteiger partial charge is 0.229 e. The van der Waals surface area contributed by atoms with Crippen molar-refractivity contribution in [1.82, 2.24) is 4.90 Å². The van der Waals surface area contributed by atoms with Gasteiger partial charge in [0.1, 0.15) is 6.10 Å². The van der Waals surface area contributed by atoms with Gasteiger partial charge in [-0.25, -0.2) is 0 Å². The molecule has 0 aromatic carbocycles. The molecule has 4 nitrogen and oxygen atoms in total. The van der Waals surface area contributed by atoms with E-state index in [4.69, 9.17) is 4.74 Å². The summed E-state index contributed by atoms with van der Waals surface area (Å²) in [4.78, 5) is 28.5. The zero-order valence-corrected chi connectivity index (χ0v) is 14.3. The minimum Gasteiger partial charge on any atom is -0.344 e. The number of rotatable bonds is 2. The molecule has 6 fully saturated rings. The van der Waals surface area contributed by atoms with Crippen LogP contribution in [0.15, 0.2) is 0 Å². The summed E-state index contributed by atoms with van der Waals surface area (Å²) in [5, 5.41) is 0. The van der Waals surface area contributed by atoms with Gasteiger partial charge < -0.3 is 9.64 Å². The molecule has 2 saturated heterocycles. The summed E-state index contributed by atoms with van der Waals surface area (Å²) in [5.41, 5.74) is -0.406.